The molecule has 0 aliphatic heterocycles. The highest BCUT2D eigenvalue weighted by Gasteiger charge is 2.22. The molecule has 0 bridgehead atoms. The minimum absolute atomic E-state index is 0.301. The van der Waals surface area contributed by atoms with Crippen molar-refractivity contribution >= 4 is 28.7 Å². The maximum absolute atomic E-state index is 11.9. The molecule has 0 saturated carbocycles. The molecule has 0 aliphatic rings. The average molecular weight is 452 g/mol. The van der Waals surface area contributed by atoms with E-state index >= 15 is 0 Å². The number of nitrogens with one attached hydrogen (secondary N) is 1. The number of amides is 2. The fourth-order valence-corrected chi connectivity index (χ4v) is 3.02. The second-order valence-corrected chi connectivity index (χ2v) is 7.41. The number of aromatic nitrogens is 1. The lowest BCUT2D eigenvalue weighted by Crippen LogP contribution is -2.49. The third-order valence-electron chi connectivity index (χ3n) is 4.82. The number of benzene rings is 2. The third kappa shape index (κ3) is 8.32. The topological polar surface area (TPSA) is 174 Å². The minimum atomic E-state index is -1.07. The van der Waals surface area contributed by atoms with Crippen LogP contribution in [0, 0.1) is 0 Å². The molecule has 8 N–H and O–H groups in total. The van der Waals surface area contributed by atoms with Gasteiger partial charge in [-0.2, -0.15) is 0 Å². The Morgan fingerprint density at radius 3 is 2.33 bits per heavy atom. The predicted molar refractivity (Wildman–Crippen MR) is 126 cm³/mol. The van der Waals surface area contributed by atoms with Crippen LogP contribution in [0.3, 0.4) is 0 Å². The molecule has 9 heteroatoms. The van der Waals surface area contributed by atoms with E-state index < -0.39 is 29.9 Å². The van der Waals surface area contributed by atoms with Crippen molar-refractivity contribution < 1.29 is 19.5 Å². The number of fused-ring (bicyclic) bond motifs is 1. The van der Waals surface area contributed by atoms with Crippen LogP contribution in [-0.4, -0.2) is 46.5 Å². The Kier molecular flexibility index (Phi) is 9.94. The number of hydrogen-bond acceptors (Lipinski definition) is 6. The van der Waals surface area contributed by atoms with Crippen molar-refractivity contribution in [1.82, 2.24) is 10.3 Å². The van der Waals surface area contributed by atoms with Gasteiger partial charge in [0.25, 0.3) is 0 Å². The minimum Gasteiger partial charge on any atom is -0.480 e. The first kappa shape index (κ1) is 25.4. The van der Waals surface area contributed by atoms with Gasteiger partial charge in [-0.05, 0) is 43.5 Å². The molecule has 2 aromatic carbocycles. The van der Waals surface area contributed by atoms with Crippen LogP contribution in [0.1, 0.15) is 28.8 Å². The van der Waals surface area contributed by atoms with Gasteiger partial charge in [-0.1, -0.05) is 48.5 Å². The Balaban J connectivity index is 0.000000254. The van der Waals surface area contributed by atoms with Crippen molar-refractivity contribution in [2.24, 2.45) is 17.2 Å². The van der Waals surface area contributed by atoms with Crippen LogP contribution >= 0.6 is 0 Å². The highest BCUT2D eigenvalue weighted by Crippen LogP contribution is 2.11. The van der Waals surface area contributed by atoms with Gasteiger partial charge in [-0.25, -0.2) is 4.79 Å². The standard InChI is InChI=1S/C14H21N3O3.C10H8N2O/c15-8-4-7-12(14(19)20)17-13(18)11(16)9-10-5-2-1-3-6-10;11-10(13)8-5-7-3-1-2-4-9(7)12-6-8/h1-3,5-6,11-12H,4,7-9,15-16H2,(H,17,18)(H,19,20);1-6H,(H2,11,13)/t11-,12-;/m0./s1. The zero-order valence-electron chi connectivity index (χ0n) is 18.2. The van der Waals surface area contributed by atoms with Gasteiger partial charge >= 0.3 is 5.97 Å². The number of para-hydroxylation sites is 1. The fourth-order valence-electron chi connectivity index (χ4n) is 3.02. The molecule has 1 heterocycles. The summed E-state index contributed by atoms with van der Waals surface area (Å²) in [5, 5.41) is 12.4. The predicted octanol–water partition coefficient (Wildman–Crippen LogP) is 1.20. The molecule has 0 spiro atoms. The van der Waals surface area contributed by atoms with Gasteiger partial charge in [-0.15, -0.1) is 0 Å². The molecule has 9 nitrogen and oxygen atoms in total. The number of rotatable bonds is 9. The van der Waals surface area contributed by atoms with Crippen LogP contribution in [0.4, 0.5) is 0 Å². The molecule has 0 saturated heterocycles. The summed E-state index contributed by atoms with van der Waals surface area (Å²) in [5.74, 6) is -1.98. The van der Waals surface area contributed by atoms with Crippen LogP contribution < -0.4 is 22.5 Å². The number of aliphatic carboxylic acids is 1. The van der Waals surface area contributed by atoms with Crippen LogP contribution in [-0.2, 0) is 16.0 Å². The number of primary amides is 1. The summed E-state index contributed by atoms with van der Waals surface area (Å²) in [5.41, 5.74) is 18.5. The SMILES string of the molecule is NC(=O)c1cnc2ccccc2c1.NCCC[C@H](NC(=O)[C@@H](N)Cc1ccccc1)C(=O)O. The van der Waals surface area contributed by atoms with Gasteiger partial charge in [0.05, 0.1) is 17.1 Å². The van der Waals surface area contributed by atoms with E-state index in [9.17, 15) is 14.4 Å². The number of hydrogen-bond donors (Lipinski definition) is 5. The van der Waals surface area contributed by atoms with E-state index in [1.807, 2.05) is 54.6 Å². The summed E-state index contributed by atoms with van der Waals surface area (Å²) in [7, 11) is 0. The van der Waals surface area contributed by atoms with Crippen molar-refractivity contribution in [3.05, 3.63) is 78.0 Å². The number of carboxylic acids is 1. The first-order chi connectivity index (χ1) is 15.8. The van der Waals surface area contributed by atoms with Gasteiger partial charge < -0.3 is 27.6 Å². The largest absolute Gasteiger partial charge is 0.480 e. The van der Waals surface area contributed by atoms with Crippen molar-refractivity contribution in [3.8, 4) is 0 Å². The summed E-state index contributed by atoms with van der Waals surface area (Å²) in [6, 6.07) is 17.0. The lowest BCUT2D eigenvalue weighted by Gasteiger charge is -2.17. The second kappa shape index (κ2) is 12.9. The molecule has 2 amide bonds. The summed E-state index contributed by atoms with van der Waals surface area (Å²) in [6.07, 6.45) is 2.70. The highest BCUT2D eigenvalue weighted by atomic mass is 16.4. The van der Waals surface area contributed by atoms with E-state index in [0.29, 0.717) is 31.4 Å². The molecule has 3 rings (SSSR count). The Labute approximate surface area is 192 Å². The van der Waals surface area contributed by atoms with E-state index in [-0.39, 0.29) is 0 Å². The number of carbonyl (C=O) groups excluding carboxylic acids is 2. The van der Waals surface area contributed by atoms with Gasteiger partial charge in [0.15, 0.2) is 0 Å². The molecular weight excluding hydrogens is 422 g/mol. The maximum atomic E-state index is 11.9. The zero-order valence-corrected chi connectivity index (χ0v) is 18.2. The average Bonchev–Trinajstić information content (AvgIpc) is 2.82. The summed E-state index contributed by atoms with van der Waals surface area (Å²) >= 11 is 0. The first-order valence-corrected chi connectivity index (χ1v) is 10.5. The van der Waals surface area contributed by atoms with E-state index in [2.05, 4.69) is 10.3 Å². The van der Waals surface area contributed by atoms with Gasteiger partial charge in [-0.3, -0.25) is 14.6 Å². The van der Waals surface area contributed by atoms with E-state index in [4.69, 9.17) is 22.3 Å². The lowest BCUT2D eigenvalue weighted by atomic mass is 10.1. The number of nitrogens with zero attached hydrogens (tertiary/aromatic N) is 1. The first-order valence-electron chi connectivity index (χ1n) is 10.5. The number of carboxylic acid groups (broad SMARTS) is 1. The van der Waals surface area contributed by atoms with Crippen molar-refractivity contribution in [3.63, 3.8) is 0 Å². The molecule has 0 unspecified atom stereocenters. The molecule has 1 aromatic heterocycles. The number of pyridine rings is 1. The van der Waals surface area contributed by atoms with Crippen LogP contribution in [0.5, 0.6) is 0 Å². The highest BCUT2D eigenvalue weighted by molar-refractivity contribution is 5.96. The number of nitrogens with two attached hydrogens (primary N) is 3. The molecule has 0 fully saturated rings. The monoisotopic (exact) mass is 451 g/mol. The molecule has 33 heavy (non-hydrogen) atoms. The fraction of sp³-hybridized carbons (Fsp3) is 0.250. The van der Waals surface area contributed by atoms with Crippen LogP contribution in [0.15, 0.2) is 66.9 Å². The van der Waals surface area contributed by atoms with Gasteiger partial charge in [0, 0.05) is 11.6 Å². The molecule has 174 valence electrons. The summed E-state index contributed by atoms with van der Waals surface area (Å²) in [4.78, 5) is 37.8. The molecule has 0 radical (unpaired) electrons. The lowest BCUT2D eigenvalue weighted by molar-refractivity contribution is -0.142. The molecule has 3 aromatic rings. The Hall–Kier alpha value is -3.82. The van der Waals surface area contributed by atoms with E-state index in [0.717, 1.165) is 16.5 Å². The van der Waals surface area contributed by atoms with Crippen LogP contribution in [0.25, 0.3) is 10.9 Å². The zero-order chi connectivity index (χ0) is 24.2. The Bertz CT molecular complexity index is 1070. The summed E-state index contributed by atoms with van der Waals surface area (Å²) in [6.45, 7) is 0.385. The Morgan fingerprint density at radius 1 is 1.03 bits per heavy atom. The van der Waals surface area contributed by atoms with Crippen molar-refractivity contribution in [2.45, 2.75) is 31.3 Å². The van der Waals surface area contributed by atoms with E-state index in [1.165, 1.54) is 6.20 Å². The number of carbonyl (C=O) groups is 3. The summed E-state index contributed by atoms with van der Waals surface area (Å²) < 4.78 is 0. The van der Waals surface area contributed by atoms with E-state index in [1.54, 1.807) is 6.07 Å². The van der Waals surface area contributed by atoms with Crippen molar-refractivity contribution in [1.29, 1.82) is 0 Å². The van der Waals surface area contributed by atoms with Gasteiger partial charge in [0.1, 0.15) is 6.04 Å². The van der Waals surface area contributed by atoms with Crippen LogP contribution in [0.2, 0.25) is 0 Å². The van der Waals surface area contributed by atoms with Gasteiger partial charge in [0.2, 0.25) is 11.8 Å². The third-order valence-corrected chi connectivity index (χ3v) is 4.82. The quantitative estimate of drug-likeness (QED) is 0.325. The molecular formula is C24H29N5O4. The Morgan fingerprint density at radius 2 is 1.70 bits per heavy atom. The second-order valence-electron chi connectivity index (χ2n) is 7.41. The smallest absolute Gasteiger partial charge is 0.326 e. The molecule has 0 aliphatic carbocycles. The molecule has 2 atom stereocenters. The van der Waals surface area contributed by atoms with Crippen molar-refractivity contribution in [2.75, 3.05) is 6.54 Å². The maximum Gasteiger partial charge on any atom is 0.326 e. The normalized spacial score (nSPS) is 12.2.